The number of carbonyl (C=O) groups excluding carboxylic acids is 1. The molecule has 0 saturated carbocycles. The summed E-state index contributed by atoms with van der Waals surface area (Å²) in [5.41, 5.74) is 6.44. The van der Waals surface area contributed by atoms with Crippen LogP contribution in [0.1, 0.15) is 22.8 Å². The topological polar surface area (TPSA) is 116 Å². The number of carbonyl (C=O) groups is 1. The van der Waals surface area contributed by atoms with E-state index in [1.165, 1.54) is 0 Å². The van der Waals surface area contributed by atoms with Gasteiger partial charge in [-0.25, -0.2) is 9.50 Å². The van der Waals surface area contributed by atoms with Gasteiger partial charge in [-0.15, -0.1) is 0 Å². The van der Waals surface area contributed by atoms with Crippen LogP contribution in [0.15, 0.2) is 73.4 Å². The van der Waals surface area contributed by atoms with E-state index in [0.717, 1.165) is 39.2 Å². The zero-order valence-electron chi connectivity index (χ0n) is 22.3. The van der Waals surface area contributed by atoms with Crippen molar-refractivity contribution in [3.05, 3.63) is 90.1 Å². The SMILES string of the molecule is Cc1cc(-c2cc(-c3cnn(C)c3)cn3ncc(C#N)c23)cnc1N1CCN(C(=O)C(O)c2ccccc2)CC1. The van der Waals surface area contributed by atoms with E-state index in [2.05, 4.69) is 27.2 Å². The van der Waals surface area contributed by atoms with Crippen molar-refractivity contribution in [3.8, 4) is 28.3 Å². The van der Waals surface area contributed by atoms with Gasteiger partial charge in [-0.3, -0.25) is 9.48 Å². The molecule has 0 bridgehead atoms. The third-order valence-corrected chi connectivity index (χ3v) is 7.37. The summed E-state index contributed by atoms with van der Waals surface area (Å²) in [4.78, 5) is 21.6. The highest BCUT2D eigenvalue weighted by Gasteiger charge is 2.28. The Morgan fingerprint density at radius 1 is 0.975 bits per heavy atom. The molecule has 1 aromatic carbocycles. The summed E-state index contributed by atoms with van der Waals surface area (Å²) in [7, 11) is 1.87. The fraction of sp³-hybridized carbons (Fsp3) is 0.233. The van der Waals surface area contributed by atoms with Gasteiger partial charge in [0.05, 0.1) is 23.5 Å². The molecule has 1 atom stereocenters. The maximum absolute atomic E-state index is 12.9. The van der Waals surface area contributed by atoms with Crippen LogP contribution in [0.5, 0.6) is 0 Å². The zero-order valence-corrected chi connectivity index (χ0v) is 22.3. The Kier molecular flexibility index (Phi) is 6.50. The van der Waals surface area contributed by atoms with E-state index in [1.54, 1.807) is 38.6 Å². The molecule has 4 aromatic heterocycles. The highest BCUT2D eigenvalue weighted by atomic mass is 16.3. The number of amides is 1. The number of pyridine rings is 2. The molecule has 1 amide bonds. The van der Waals surface area contributed by atoms with E-state index in [0.29, 0.717) is 37.3 Å². The minimum absolute atomic E-state index is 0.280. The van der Waals surface area contributed by atoms with Crippen molar-refractivity contribution in [1.29, 1.82) is 5.26 Å². The van der Waals surface area contributed by atoms with Gasteiger partial charge in [0.1, 0.15) is 11.9 Å². The highest BCUT2D eigenvalue weighted by Crippen LogP contribution is 2.33. The summed E-state index contributed by atoms with van der Waals surface area (Å²) in [5.74, 6) is 0.574. The third kappa shape index (κ3) is 4.57. The summed E-state index contributed by atoms with van der Waals surface area (Å²) in [6.07, 6.45) is 7.89. The number of nitriles is 1. The van der Waals surface area contributed by atoms with Gasteiger partial charge < -0.3 is 14.9 Å². The van der Waals surface area contributed by atoms with Crippen LogP contribution in [-0.2, 0) is 11.8 Å². The molecule has 200 valence electrons. The standard InChI is InChI=1S/C30H28N8O2/c1-20-12-22(26-13-23(25-17-33-35(2)18-25)19-38-27(26)24(14-31)16-34-38)15-32-29(20)36-8-10-37(11-9-36)30(40)28(39)21-6-4-3-5-7-21/h3-7,12-13,15-19,28,39H,8-11H2,1-2H3. The van der Waals surface area contributed by atoms with E-state index in [-0.39, 0.29) is 5.91 Å². The molecule has 1 unspecified atom stereocenters. The molecule has 10 nitrogen and oxygen atoms in total. The minimum Gasteiger partial charge on any atom is -0.378 e. The lowest BCUT2D eigenvalue weighted by Crippen LogP contribution is -2.50. The van der Waals surface area contributed by atoms with Crippen LogP contribution in [0, 0.1) is 18.3 Å². The van der Waals surface area contributed by atoms with Crippen LogP contribution in [0.3, 0.4) is 0 Å². The Bertz CT molecular complexity index is 1740. The number of anilines is 1. The zero-order chi connectivity index (χ0) is 27.8. The molecule has 1 N–H and O–H groups in total. The summed E-state index contributed by atoms with van der Waals surface area (Å²) in [5, 5.41) is 29.0. The second-order valence-electron chi connectivity index (χ2n) is 10.00. The van der Waals surface area contributed by atoms with Gasteiger partial charge in [-0.1, -0.05) is 30.3 Å². The molecule has 10 heteroatoms. The van der Waals surface area contributed by atoms with Gasteiger partial charge in [-0.05, 0) is 30.2 Å². The molecule has 0 spiro atoms. The fourth-order valence-electron chi connectivity index (χ4n) is 5.29. The first-order valence-electron chi connectivity index (χ1n) is 13.1. The predicted molar refractivity (Wildman–Crippen MR) is 150 cm³/mol. The molecule has 1 aliphatic heterocycles. The van der Waals surface area contributed by atoms with Gasteiger partial charge in [0.2, 0.25) is 0 Å². The van der Waals surface area contributed by atoms with Gasteiger partial charge in [0.15, 0.2) is 6.10 Å². The number of aliphatic hydroxyl groups excluding tert-OH is 1. The summed E-state index contributed by atoms with van der Waals surface area (Å²) in [6, 6.07) is 15.4. The van der Waals surface area contributed by atoms with Crippen LogP contribution in [0.4, 0.5) is 5.82 Å². The number of aliphatic hydroxyl groups is 1. The van der Waals surface area contributed by atoms with Gasteiger partial charge >= 0.3 is 0 Å². The predicted octanol–water partition coefficient (Wildman–Crippen LogP) is 3.36. The van der Waals surface area contributed by atoms with Gasteiger partial charge in [0.25, 0.3) is 5.91 Å². The van der Waals surface area contributed by atoms with Crippen molar-refractivity contribution in [2.75, 3.05) is 31.1 Å². The first kappa shape index (κ1) is 25.3. The molecule has 1 aliphatic rings. The quantitative estimate of drug-likeness (QED) is 0.369. The monoisotopic (exact) mass is 532 g/mol. The molecular formula is C30H28N8O2. The van der Waals surface area contributed by atoms with Crippen molar-refractivity contribution in [2.24, 2.45) is 7.05 Å². The van der Waals surface area contributed by atoms with E-state index in [9.17, 15) is 15.2 Å². The second kappa shape index (κ2) is 10.3. The van der Waals surface area contributed by atoms with E-state index in [4.69, 9.17) is 4.98 Å². The lowest BCUT2D eigenvalue weighted by Gasteiger charge is -2.37. The number of hydrogen-bond acceptors (Lipinski definition) is 7. The van der Waals surface area contributed by atoms with Crippen LogP contribution in [0.2, 0.25) is 0 Å². The Hall–Kier alpha value is -5.01. The second-order valence-corrected chi connectivity index (χ2v) is 10.00. The molecule has 5 aromatic rings. The number of nitrogens with zero attached hydrogens (tertiary/aromatic N) is 8. The molecule has 1 fully saturated rings. The number of aryl methyl sites for hydroxylation is 2. The Morgan fingerprint density at radius 2 is 1.75 bits per heavy atom. The maximum atomic E-state index is 12.9. The Labute approximate surface area is 231 Å². The number of fused-ring (bicyclic) bond motifs is 1. The third-order valence-electron chi connectivity index (χ3n) is 7.37. The smallest absolute Gasteiger partial charge is 0.256 e. The number of hydrogen-bond donors (Lipinski definition) is 1. The lowest BCUT2D eigenvalue weighted by atomic mass is 10.00. The van der Waals surface area contributed by atoms with Crippen LogP contribution in [0.25, 0.3) is 27.8 Å². The molecule has 6 rings (SSSR count). The van der Waals surface area contributed by atoms with Crippen LogP contribution in [-0.4, -0.2) is 66.5 Å². The summed E-state index contributed by atoms with van der Waals surface area (Å²) < 4.78 is 3.48. The molecule has 0 radical (unpaired) electrons. The number of piperazine rings is 1. The molecule has 1 saturated heterocycles. The molecular weight excluding hydrogens is 504 g/mol. The molecule has 5 heterocycles. The normalized spacial score (nSPS) is 14.3. The Morgan fingerprint density at radius 3 is 2.42 bits per heavy atom. The Balaban J connectivity index is 1.25. The van der Waals surface area contributed by atoms with Crippen molar-refractivity contribution < 1.29 is 9.90 Å². The van der Waals surface area contributed by atoms with E-state index >= 15 is 0 Å². The largest absolute Gasteiger partial charge is 0.378 e. The van der Waals surface area contributed by atoms with Crippen molar-refractivity contribution in [2.45, 2.75) is 13.0 Å². The average molecular weight is 533 g/mol. The fourth-order valence-corrected chi connectivity index (χ4v) is 5.29. The maximum Gasteiger partial charge on any atom is 0.256 e. The number of benzene rings is 1. The summed E-state index contributed by atoms with van der Waals surface area (Å²) in [6.45, 7) is 4.25. The number of rotatable bonds is 5. The van der Waals surface area contributed by atoms with Crippen molar-refractivity contribution in [3.63, 3.8) is 0 Å². The minimum atomic E-state index is -1.16. The van der Waals surface area contributed by atoms with E-state index in [1.807, 2.05) is 56.8 Å². The van der Waals surface area contributed by atoms with Crippen molar-refractivity contribution >= 4 is 17.2 Å². The van der Waals surface area contributed by atoms with Gasteiger partial charge in [-0.2, -0.15) is 15.5 Å². The summed E-state index contributed by atoms with van der Waals surface area (Å²) >= 11 is 0. The van der Waals surface area contributed by atoms with Gasteiger partial charge in [0, 0.05) is 74.1 Å². The first-order chi connectivity index (χ1) is 19.4. The van der Waals surface area contributed by atoms with E-state index < -0.39 is 6.10 Å². The highest BCUT2D eigenvalue weighted by molar-refractivity contribution is 5.88. The molecule has 40 heavy (non-hydrogen) atoms. The van der Waals surface area contributed by atoms with Crippen LogP contribution < -0.4 is 4.90 Å². The average Bonchev–Trinajstić information content (AvgIpc) is 3.62. The number of aromatic nitrogens is 5. The van der Waals surface area contributed by atoms with Crippen molar-refractivity contribution in [1.82, 2.24) is 29.3 Å². The molecule has 0 aliphatic carbocycles. The lowest BCUT2D eigenvalue weighted by molar-refractivity contribution is -0.140. The first-order valence-corrected chi connectivity index (χ1v) is 13.1. The van der Waals surface area contributed by atoms with Crippen LogP contribution >= 0.6 is 0 Å².